The van der Waals surface area contributed by atoms with Gasteiger partial charge in [0.25, 0.3) is 0 Å². The summed E-state index contributed by atoms with van der Waals surface area (Å²) in [6.07, 6.45) is -1.63. The van der Waals surface area contributed by atoms with Crippen molar-refractivity contribution in [3.63, 3.8) is 0 Å². The van der Waals surface area contributed by atoms with Crippen molar-refractivity contribution in [1.29, 1.82) is 0 Å². The first-order chi connectivity index (χ1) is 15.6. The van der Waals surface area contributed by atoms with Gasteiger partial charge in [0, 0.05) is 23.0 Å². The van der Waals surface area contributed by atoms with Crippen molar-refractivity contribution in [2.75, 3.05) is 11.5 Å². The quantitative estimate of drug-likeness (QED) is 0.360. The molecule has 0 radical (unpaired) electrons. The van der Waals surface area contributed by atoms with Gasteiger partial charge in [-0.15, -0.1) is 0 Å². The molecule has 33 heavy (non-hydrogen) atoms. The second-order valence-electron chi connectivity index (χ2n) is 7.94. The van der Waals surface area contributed by atoms with E-state index in [1.165, 1.54) is 24.3 Å². The number of benzene rings is 2. The summed E-state index contributed by atoms with van der Waals surface area (Å²) >= 11 is 0. The van der Waals surface area contributed by atoms with E-state index < -0.39 is 30.1 Å². The van der Waals surface area contributed by atoms with Crippen LogP contribution in [0.2, 0.25) is 0 Å². The van der Waals surface area contributed by atoms with E-state index in [2.05, 4.69) is 0 Å². The number of esters is 2. The number of alkyl halides is 3. The van der Waals surface area contributed by atoms with Gasteiger partial charge in [-0.2, -0.15) is 13.2 Å². The molecule has 0 saturated heterocycles. The standard InChI is InChI=1S/C24H25F3N2O4/c25-24(26,27)18-6-9-20(10-7-18)33-23(31)16-4-1-15(2-5-16)3-12-22(30)32-14-17-13-19(28)8-11-21(17)29/h1-5,8,11-13,18,20H,6-7,9-10,14,28-29H2. The lowest BCUT2D eigenvalue weighted by Gasteiger charge is -2.29. The molecular weight excluding hydrogens is 437 g/mol. The lowest BCUT2D eigenvalue weighted by molar-refractivity contribution is -0.185. The van der Waals surface area contributed by atoms with Gasteiger partial charge in [0.05, 0.1) is 11.5 Å². The number of ether oxygens (including phenoxy) is 2. The van der Waals surface area contributed by atoms with Crippen molar-refractivity contribution in [2.45, 2.75) is 44.6 Å². The predicted octanol–water partition coefficient (Wildman–Crippen LogP) is 4.89. The third-order valence-corrected chi connectivity index (χ3v) is 5.51. The van der Waals surface area contributed by atoms with Gasteiger partial charge < -0.3 is 20.9 Å². The van der Waals surface area contributed by atoms with E-state index in [1.807, 2.05) is 0 Å². The molecule has 4 N–H and O–H groups in total. The summed E-state index contributed by atoms with van der Waals surface area (Å²) in [7, 11) is 0. The first kappa shape index (κ1) is 24.2. The van der Waals surface area contributed by atoms with Crippen molar-refractivity contribution in [1.82, 2.24) is 0 Å². The van der Waals surface area contributed by atoms with Crippen molar-refractivity contribution in [3.8, 4) is 0 Å². The fourth-order valence-corrected chi connectivity index (χ4v) is 3.57. The third-order valence-electron chi connectivity index (χ3n) is 5.51. The second kappa shape index (κ2) is 10.4. The van der Waals surface area contributed by atoms with Crippen LogP contribution in [0.25, 0.3) is 6.08 Å². The maximum atomic E-state index is 12.7. The minimum Gasteiger partial charge on any atom is -0.459 e. The van der Waals surface area contributed by atoms with Crippen LogP contribution in [0.15, 0.2) is 48.5 Å². The topological polar surface area (TPSA) is 105 Å². The number of halogens is 3. The number of hydrogen-bond donors (Lipinski definition) is 2. The maximum Gasteiger partial charge on any atom is 0.391 e. The highest BCUT2D eigenvalue weighted by Crippen LogP contribution is 2.38. The Morgan fingerprint density at radius 3 is 2.30 bits per heavy atom. The molecule has 9 heteroatoms. The van der Waals surface area contributed by atoms with E-state index in [0.717, 1.165) is 0 Å². The third kappa shape index (κ3) is 7.00. The van der Waals surface area contributed by atoms with Crippen molar-refractivity contribution in [2.24, 2.45) is 5.92 Å². The number of carbonyl (C=O) groups excluding carboxylic acids is 2. The number of carbonyl (C=O) groups is 2. The predicted molar refractivity (Wildman–Crippen MR) is 118 cm³/mol. The van der Waals surface area contributed by atoms with E-state index in [-0.39, 0.29) is 37.9 Å². The molecule has 3 rings (SSSR count). The number of anilines is 2. The fourth-order valence-electron chi connectivity index (χ4n) is 3.57. The smallest absolute Gasteiger partial charge is 0.391 e. The van der Waals surface area contributed by atoms with Gasteiger partial charge in [0.1, 0.15) is 12.7 Å². The van der Waals surface area contributed by atoms with E-state index >= 15 is 0 Å². The highest BCUT2D eigenvalue weighted by molar-refractivity contribution is 5.90. The van der Waals surface area contributed by atoms with Gasteiger partial charge in [-0.3, -0.25) is 0 Å². The molecule has 0 aliphatic heterocycles. The molecule has 1 aliphatic carbocycles. The van der Waals surface area contributed by atoms with E-state index in [4.69, 9.17) is 20.9 Å². The molecule has 0 atom stereocenters. The number of hydrogen-bond acceptors (Lipinski definition) is 6. The highest BCUT2D eigenvalue weighted by Gasteiger charge is 2.42. The molecule has 1 aliphatic rings. The highest BCUT2D eigenvalue weighted by atomic mass is 19.4. The monoisotopic (exact) mass is 462 g/mol. The van der Waals surface area contributed by atoms with Gasteiger partial charge >= 0.3 is 18.1 Å². The van der Waals surface area contributed by atoms with Gasteiger partial charge in [-0.25, -0.2) is 9.59 Å². The molecule has 1 saturated carbocycles. The molecule has 0 amide bonds. The van der Waals surface area contributed by atoms with Crippen LogP contribution in [0, 0.1) is 5.92 Å². The summed E-state index contributed by atoms with van der Waals surface area (Å²) < 4.78 is 48.7. The number of nitrogen functional groups attached to an aromatic ring is 2. The Hall–Kier alpha value is -3.49. The first-order valence-corrected chi connectivity index (χ1v) is 10.5. The van der Waals surface area contributed by atoms with Crippen molar-refractivity contribution < 1.29 is 32.2 Å². The van der Waals surface area contributed by atoms with Crippen LogP contribution in [-0.4, -0.2) is 24.2 Å². The van der Waals surface area contributed by atoms with Crippen LogP contribution in [0.4, 0.5) is 24.5 Å². The average molecular weight is 462 g/mol. The Labute approximate surface area is 189 Å². The molecule has 2 aromatic carbocycles. The SMILES string of the molecule is Nc1ccc(N)c(COC(=O)C=Cc2ccc(C(=O)OC3CCC(C(F)(F)F)CC3)cc2)c1. The molecule has 0 bridgehead atoms. The normalized spacial score (nSPS) is 18.8. The molecule has 6 nitrogen and oxygen atoms in total. The van der Waals surface area contributed by atoms with Crippen LogP contribution in [0.1, 0.15) is 47.2 Å². The Balaban J connectivity index is 1.47. The lowest BCUT2D eigenvalue weighted by Crippen LogP contribution is -2.31. The van der Waals surface area contributed by atoms with Crippen LogP contribution in [0.5, 0.6) is 0 Å². The van der Waals surface area contributed by atoms with Gasteiger partial charge in [-0.1, -0.05) is 12.1 Å². The Kier molecular flexibility index (Phi) is 7.63. The summed E-state index contributed by atoms with van der Waals surface area (Å²) in [6.45, 7) is -0.0181. The molecule has 0 aromatic heterocycles. The molecule has 176 valence electrons. The minimum absolute atomic E-state index is 0.0181. The van der Waals surface area contributed by atoms with Gasteiger partial charge in [-0.05, 0) is 67.7 Å². The summed E-state index contributed by atoms with van der Waals surface area (Å²) in [4.78, 5) is 24.2. The summed E-state index contributed by atoms with van der Waals surface area (Å²) in [5.74, 6) is -2.48. The molecule has 0 unspecified atom stereocenters. The molecule has 1 fully saturated rings. The Morgan fingerprint density at radius 1 is 1.00 bits per heavy atom. The Bertz CT molecular complexity index is 1010. The van der Waals surface area contributed by atoms with Crippen LogP contribution >= 0.6 is 0 Å². The summed E-state index contributed by atoms with van der Waals surface area (Å²) in [6, 6.07) is 11.2. The van der Waals surface area contributed by atoms with Crippen molar-refractivity contribution >= 4 is 29.4 Å². The maximum absolute atomic E-state index is 12.7. The number of rotatable bonds is 6. The minimum atomic E-state index is -4.20. The largest absolute Gasteiger partial charge is 0.459 e. The Morgan fingerprint density at radius 2 is 1.67 bits per heavy atom. The first-order valence-electron chi connectivity index (χ1n) is 10.5. The zero-order valence-corrected chi connectivity index (χ0v) is 17.8. The molecule has 0 heterocycles. The summed E-state index contributed by atoms with van der Waals surface area (Å²) in [5.41, 5.74) is 14.0. The average Bonchev–Trinajstić information content (AvgIpc) is 2.78. The molecule has 0 spiro atoms. The summed E-state index contributed by atoms with van der Waals surface area (Å²) in [5, 5.41) is 0. The van der Waals surface area contributed by atoms with E-state index in [1.54, 1.807) is 30.3 Å². The van der Waals surface area contributed by atoms with Gasteiger partial charge in [0.2, 0.25) is 0 Å². The van der Waals surface area contributed by atoms with Crippen molar-refractivity contribution in [3.05, 3.63) is 65.2 Å². The molecular formula is C24H25F3N2O4. The zero-order chi connectivity index (χ0) is 24.0. The van der Waals surface area contributed by atoms with Crippen LogP contribution in [0.3, 0.4) is 0 Å². The van der Waals surface area contributed by atoms with E-state index in [9.17, 15) is 22.8 Å². The van der Waals surface area contributed by atoms with Crippen LogP contribution in [-0.2, 0) is 20.9 Å². The van der Waals surface area contributed by atoms with E-state index in [0.29, 0.717) is 22.5 Å². The number of nitrogens with two attached hydrogens (primary N) is 2. The van der Waals surface area contributed by atoms with Gasteiger partial charge in [0.15, 0.2) is 0 Å². The zero-order valence-electron chi connectivity index (χ0n) is 17.8. The second-order valence-corrected chi connectivity index (χ2v) is 7.94. The lowest BCUT2D eigenvalue weighted by atomic mass is 9.87. The fraction of sp³-hybridized carbons (Fsp3) is 0.333. The van der Waals surface area contributed by atoms with Crippen LogP contribution < -0.4 is 11.5 Å². The molecule has 2 aromatic rings.